The first-order chi connectivity index (χ1) is 14.1. The molecule has 0 saturated heterocycles. The molecule has 3 aromatic rings. The summed E-state index contributed by atoms with van der Waals surface area (Å²) in [6, 6.07) is 0.641. The molecule has 0 unspecified atom stereocenters. The zero-order valence-corrected chi connectivity index (χ0v) is 14.8. The van der Waals surface area contributed by atoms with Crippen molar-refractivity contribution in [2.75, 3.05) is 7.11 Å². The van der Waals surface area contributed by atoms with Crippen LogP contribution in [0, 0.1) is 52.4 Å². The van der Waals surface area contributed by atoms with Crippen molar-refractivity contribution < 1.29 is 44.3 Å². The standard InChI is InChI=1S/C19H8BF9O/c1-30-14-6-13(27)18(28)17(19(14)29)20(15-9(23)2-7(21)3-10(15)24)16-11(25)4-8(22)5-12(16)26/h2-6H,1H3. The predicted molar refractivity (Wildman–Crippen MR) is 90.2 cm³/mol. The topological polar surface area (TPSA) is 9.23 Å². The molecule has 0 bridgehead atoms. The fourth-order valence-electron chi connectivity index (χ4n) is 3.09. The van der Waals surface area contributed by atoms with Crippen LogP contribution in [-0.4, -0.2) is 13.8 Å². The van der Waals surface area contributed by atoms with Crippen molar-refractivity contribution in [1.29, 1.82) is 0 Å². The Hall–Kier alpha value is -3.11. The Morgan fingerprint density at radius 1 is 0.533 bits per heavy atom. The second kappa shape index (κ2) is 7.96. The van der Waals surface area contributed by atoms with Gasteiger partial charge in [0.2, 0.25) is 0 Å². The molecule has 0 aromatic heterocycles. The van der Waals surface area contributed by atoms with Crippen molar-refractivity contribution in [3.05, 3.63) is 82.7 Å². The van der Waals surface area contributed by atoms with E-state index in [-0.39, 0.29) is 30.3 Å². The van der Waals surface area contributed by atoms with Gasteiger partial charge in [-0.3, -0.25) is 0 Å². The van der Waals surface area contributed by atoms with Gasteiger partial charge in [0.25, 0.3) is 6.71 Å². The molecule has 30 heavy (non-hydrogen) atoms. The molecule has 0 spiro atoms. The summed E-state index contributed by atoms with van der Waals surface area (Å²) in [4.78, 5) is 0. The summed E-state index contributed by atoms with van der Waals surface area (Å²) in [5.41, 5.74) is -4.32. The molecular weight excluding hydrogens is 426 g/mol. The SMILES string of the molecule is COc1cc(F)c(F)c(B(c2c(F)cc(F)cc2F)c2c(F)cc(F)cc2F)c1F. The molecule has 0 aliphatic heterocycles. The second-order valence-electron chi connectivity index (χ2n) is 6.10. The van der Waals surface area contributed by atoms with Crippen LogP contribution in [0.1, 0.15) is 0 Å². The Morgan fingerprint density at radius 2 is 0.933 bits per heavy atom. The van der Waals surface area contributed by atoms with Crippen LogP contribution in [0.5, 0.6) is 5.75 Å². The first kappa shape index (κ1) is 21.6. The van der Waals surface area contributed by atoms with Gasteiger partial charge in [-0.15, -0.1) is 0 Å². The van der Waals surface area contributed by atoms with Gasteiger partial charge in [0.1, 0.15) is 34.9 Å². The van der Waals surface area contributed by atoms with Gasteiger partial charge < -0.3 is 4.74 Å². The highest BCUT2D eigenvalue weighted by molar-refractivity contribution is 6.95. The van der Waals surface area contributed by atoms with Crippen LogP contribution >= 0.6 is 0 Å². The maximum atomic E-state index is 14.9. The lowest BCUT2D eigenvalue weighted by Crippen LogP contribution is -2.59. The smallest absolute Gasteiger partial charge is 0.264 e. The van der Waals surface area contributed by atoms with E-state index in [4.69, 9.17) is 0 Å². The molecule has 0 heterocycles. The Morgan fingerprint density at radius 3 is 1.30 bits per heavy atom. The Balaban J connectivity index is 2.51. The van der Waals surface area contributed by atoms with E-state index in [1.807, 2.05) is 0 Å². The number of methoxy groups -OCH3 is 1. The highest BCUT2D eigenvalue weighted by Gasteiger charge is 2.39. The largest absolute Gasteiger partial charge is 0.494 e. The van der Waals surface area contributed by atoms with E-state index in [0.717, 1.165) is 7.11 Å². The molecule has 0 N–H and O–H groups in total. The van der Waals surface area contributed by atoms with E-state index in [1.165, 1.54) is 0 Å². The maximum Gasteiger partial charge on any atom is 0.264 e. The molecule has 0 fully saturated rings. The minimum absolute atomic E-state index is 0.0943. The molecular formula is C19H8BF9O. The van der Waals surface area contributed by atoms with Gasteiger partial charge in [-0.25, -0.2) is 39.5 Å². The summed E-state index contributed by atoms with van der Waals surface area (Å²) >= 11 is 0. The fourth-order valence-corrected chi connectivity index (χ4v) is 3.09. The van der Waals surface area contributed by atoms with Gasteiger partial charge in [0.05, 0.1) is 7.11 Å². The van der Waals surface area contributed by atoms with Gasteiger partial charge in [-0.1, -0.05) is 0 Å². The number of rotatable bonds is 4. The minimum atomic E-state index is -2.64. The van der Waals surface area contributed by atoms with E-state index in [9.17, 15) is 39.5 Å². The summed E-state index contributed by atoms with van der Waals surface area (Å²) < 4.78 is 132. The van der Waals surface area contributed by atoms with Gasteiger partial charge in [0, 0.05) is 46.7 Å². The van der Waals surface area contributed by atoms with Crippen molar-refractivity contribution in [2.24, 2.45) is 0 Å². The zero-order chi connectivity index (χ0) is 22.3. The van der Waals surface area contributed by atoms with Gasteiger partial charge in [0.15, 0.2) is 23.2 Å². The zero-order valence-electron chi connectivity index (χ0n) is 14.8. The predicted octanol–water partition coefficient (Wildman–Crippen LogP) is 3.46. The molecule has 0 aliphatic rings. The maximum absolute atomic E-state index is 14.9. The van der Waals surface area contributed by atoms with Crippen LogP contribution in [0.25, 0.3) is 0 Å². The van der Waals surface area contributed by atoms with E-state index in [2.05, 4.69) is 4.74 Å². The summed E-state index contributed by atoms with van der Waals surface area (Å²) in [5.74, 6) is -16.5. The molecule has 0 atom stereocenters. The normalized spacial score (nSPS) is 11.0. The molecule has 0 radical (unpaired) electrons. The lowest BCUT2D eigenvalue weighted by Gasteiger charge is -2.20. The number of ether oxygens (including phenoxy) is 1. The van der Waals surface area contributed by atoms with Crippen molar-refractivity contribution in [1.82, 2.24) is 0 Å². The van der Waals surface area contributed by atoms with E-state index in [1.54, 1.807) is 0 Å². The van der Waals surface area contributed by atoms with Crippen LogP contribution in [0.15, 0.2) is 30.3 Å². The molecule has 0 saturated carbocycles. The number of hydrogen-bond donors (Lipinski definition) is 0. The Labute approximate surface area is 163 Å². The summed E-state index contributed by atoms with van der Waals surface area (Å²) in [5, 5.41) is 0. The van der Waals surface area contributed by atoms with Crippen LogP contribution in [0.4, 0.5) is 39.5 Å². The van der Waals surface area contributed by atoms with E-state index < -0.39 is 81.2 Å². The van der Waals surface area contributed by atoms with Crippen molar-refractivity contribution >= 4 is 23.1 Å². The van der Waals surface area contributed by atoms with Crippen LogP contribution in [-0.2, 0) is 0 Å². The van der Waals surface area contributed by atoms with Crippen LogP contribution in [0.2, 0.25) is 0 Å². The van der Waals surface area contributed by atoms with Gasteiger partial charge in [-0.2, -0.15) is 0 Å². The molecule has 0 amide bonds. The van der Waals surface area contributed by atoms with Crippen LogP contribution in [0.3, 0.4) is 0 Å². The molecule has 3 aromatic carbocycles. The summed E-state index contributed by atoms with van der Waals surface area (Å²) in [7, 11) is 0.854. The van der Waals surface area contributed by atoms with Gasteiger partial charge >= 0.3 is 0 Å². The quantitative estimate of drug-likeness (QED) is 0.348. The second-order valence-corrected chi connectivity index (χ2v) is 6.10. The average molecular weight is 434 g/mol. The van der Waals surface area contributed by atoms with E-state index >= 15 is 0 Å². The fraction of sp³-hybridized carbons (Fsp3) is 0.0526. The molecule has 156 valence electrons. The average Bonchev–Trinajstić information content (AvgIpc) is 2.62. The van der Waals surface area contributed by atoms with Gasteiger partial charge in [-0.05, 0) is 0 Å². The molecule has 0 aliphatic carbocycles. The van der Waals surface area contributed by atoms with Crippen molar-refractivity contribution in [3.63, 3.8) is 0 Å². The monoisotopic (exact) mass is 434 g/mol. The number of benzene rings is 3. The van der Waals surface area contributed by atoms with E-state index in [0.29, 0.717) is 0 Å². The third-order valence-corrected chi connectivity index (χ3v) is 4.33. The van der Waals surface area contributed by atoms with Crippen LogP contribution < -0.4 is 21.1 Å². The first-order valence-corrected chi connectivity index (χ1v) is 8.07. The number of halogens is 9. The molecule has 3 rings (SSSR count). The Kier molecular flexibility index (Phi) is 5.73. The lowest BCUT2D eigenvalue weighted by molar-refractivity contribution is 0.379. The van der Waals surface area contributed by atoms with Crippen molar-refractivity contribution in [2.45, 2.75) is 0 Å². The highest BCUT2D eigenvalue weighted by atomic mass is 19.2. The highest BCUT2D eigenvalue weighted by Crippen LogP contribution is 2.21. The third kappa shape index (κ3) is 3.59. The minimum Gasteiger partial charge on any atom is -0.494 e. The first-order valence-electron chi connectivity index (χ1n) is 8.07. The third-order valence-electron chi connectivity index (χ3n) is 4.33. The lowest BCUT2D eigenvalue weighted by atomic mass is 9.36. The Bertz CT molecular complexity index is 1050. The molecule has 11 heteroatoms. The summed E-state index contributed by atoms with van der Waals surface area (Å²) in [6.07, 6.45) is 0. The van der Waals surface area contributed by atoms with Crippen molar-refractivity contribution in [3.8, 4) is 5.75 Å². The summed E-state index contributed by atoms with van der Waals surface area (Å²) in [6.45, 7) is -2.64. The molecule has 1 nitrogen and oxygen atoms in total. The number of hydrogen-bond acceptors (Lipinski definition) is 1.